The van der Waals surface area contributed by atoms with E-state index in [9.17, 15) is 0 Å². The zero-order valence-electron chi connectivity index (χ0n) is 8.70. The van der Waals surface area contributed by atoms with Gasteiger partial charge in [-0.05, 0) is 24.0 Å². The minimum absolute atomic E-state index is 0.237. The normalized spacial score (nSPS) is 13.1. The summed E-state index contributed by atoms with van der Waals surface area (Å²) in [6.07, 6.45) is 4.30. The van der Waals surface area contributed by atoms with Crippen molar-refractivity contribution in [2.24, 2.45) is 11.8 Å². The number of pyridine rings is 1. The molecule has 78 valence electrons. The van der Waals surface area contributed by atoms with E-state index in [0.717, 1.165) is 17.7 Å². The van der Waals surface area contributed by atoms with Crippen molar-refractivity contribution in [3.05, 3.63) is 24.0 Å². The van der Waals surface area contributed by atoms with E-state index in [-0.39, 0.29) is 6.04 Å². The molecule has 0 amide bonds. The zero-order valence-corrected chi connectivity index (χ0v) is 8.70. The third-order valence-corrected chi connectivity index (χ3v) is 2.40. The van der Waals surface area contributed by atoms with Crippen molar-refractivity contribution in [3.8, 4) is 0 Å². The van der Waals surface area contributed by atoms with Gasteiger partial charge < -0.3 is 5.73 Å². The predicted octanol–water partition coefficient (Wildman–Crippen LogP) is 0.694. The number of aromatic nitrogens is 1. The van der Waals surface area contributed by atoms with Crippen LogP contribution in [0.2, 0.25) is 0 Å². The van der Waals surface area contributed by atoms with E-state index in [0.29, 0.717) is 5.92 Å². The molecule has 4 heteroatoms. The minimum atomic E-state index is 0.237. The van der Waals surface area contributed by atoms with Gasteiger partial charge in [0.2, 0.25) is 0 Å². The van der Waals surface area contributed by atoms with Crippen LogP contribution in [0.3, 0.4) is 0 Å². The molecule has 0 bridgehead atoms. The molecule has 4 nitrogen and oxygen atoms in total. The molecular formula is C10H18N4. The lowest BCUT2D eigenvalue weighted by Gasteiger charge is -2.20. The number of hydrogen-bond acceptors (Lipinski definition) is 4. The molecule has 0 saturated heterocycles. The monoisotopic (exact) mass is 194 g/mol. The summed E-state index contributed by atoms with van der Waals surface area (Å²) in [6.45, 7) is 4.24. The van der Waals surface area contributed by atoms with Crippen LogP contribution in [0.4, 0.5) is 5.69 Å². The molecule has 0 aromatic carbocycles. The molecule has 1 unspecified atom stereocenters. The number of nitrogen functional groups attached to an aromatic ring is 1. The van der Waals surface area contributed by atoms with Gasteiger partial charge in [0.15, 0.2) is 0 Å². The number of rotatable bonds is 4. The quantitative estimate of drug-likeness (QED) is 0.487. The second-order valence-electron chi connectivity index (χ2n) is 3.80. The van der Waals surface area contributed by atoms with Gasteiger partial charge in [0, 0.05) is 24.1 Å². The lowest BCUT2D eigenvalue weighted by molar-refractivity contribution is 0.404. The molecule has 1 aromatic heterocycles. The molecule has 0 radical (unpaired) electrons. The highest BCUT2D eigenvalue weighted by atomic mass is 15.2. The van der Waals surface area contributed by atoms with E-state index in [2.05, 4.69) is 24.3 Å². The zero-order chi connectivity index (χ0) is 10.6. The highest BCUT2D eigenvalue weighted by Gasteiger charge is 2.13. The average Bonchev–Trinajstić information content (AvgIpc) is 2.16. The highest BCUT2D eigenvalue weighted by Crippen LogP contribution is 2.14. The Balaban J connectivity index is 2.72. The lowest BCUT2D eigenvalue weighted by atomic mass is 9.97. The van der Waals surface area contributed by atoms with Gasteiger partial charge in [0.25, 0.3) is 0 Å². The van der Waals surface area contributed by atoms with Crippen molar-refractivity contribution in [3.63, 3.8) is 0 Å². The number of hydrazine groups is 1. The number of nitrogens with zero attached hydrogens (tertiary/aromatic N) is 1. The molecule has 0 saturated carbocycles. The fourth-order valence-corrected chi connectivity index (χ4v) is 1.33. The minimum Gasteiger partial charge on any atom is -0.398 e. The third-order valence-electron chi connectivity index (χ3n) is 2.40. The summed E-state index contributed by atoms with van der Waals surface area (Å²) in [5.41, 5.74) is 10.4. The Morgan fingerprint density at radius 2 is 2.21 bits per heavy atom. The van der Waals surface area contributed by atoms with E-state index < -0.39 is 0 Å². The maximum Gasteiger partial charge on any atom is 0.0378 e. The molecule has 0 aliphatic carbocycles. The highest BCUT2D eigenvalue weighted by molar-refractivity contribution is 5.44. The van der Waals surface area contributed by atoms with Gasteiger partial charge in [-0.25, -0.2) is 0 Å². The molecule has 0 fully saturated rings. The van der Waals surface area contributed by atoms with E-state index in [1.165, 1.54) is 0 Å². The van der Waals surface area contributed by atoms with Gasteiger partial charge in [-0.3, -0.25) is 16.3 Å². The molecule has 1 atom stereocenters. The molecule has 14 heavy (non-hydrogen) atoms. The summed E-state index contributed by atoms with van der Waals surface area (Å²) >= 11 is 0. The van der Waals surface area contributed by atoms with Crippen molar-refractivity contribution in [2.45, 2.75) is 26.3 Å². The van der Waals surface area contributed by atoms with Crippen molar-refractivity contribution < 1.29 is 0 Å². The molecule has 0 aliphatic heterocycles. The summed E-state index contributed by atoms with van der Waals surface area (Å²) in [5, 5.41) is 0. The lowest BCUT2D eigenvalue weighted by Crippen LogP contribution is -2.40. The first-order chi connectivity index (χ1) is 6.65. The molecule has 1 heterocycles. The molecular weight excluding hydrogens is 176 g/mol. The fraction of sp³-hybridized carbons (Fsp3) is 0.500. The Labute approximate surface area is 84.7 Å². The van der Waals surface area contributed by atoms with Crippen LogP contribution < -0.4 is 17.0 Å². The summed E-state index contributed by atoms with van der Waals surface area (Å²) < 4.78 is 0. The van der Waals surface area contributed by atoms with E-state index in [1.54, 1.807) is 12.4 Å². The maximum absolute atomic E-state index is 5.82. The van der Waals surface area contributed by atoms with Crippen LogP contribution in [0.5, 0.6) is 0 Å². The molecule has 1 aromatic rings. The number of nitrogens with one attached hydrogen (secondary N) is 1. The number of nitrogens with two attached hydrogens (primary N) is 2. The smallest absolute Gasteiger partial charge is 0.0378 e. The molecule has 5 N–H and O–H groups in total. The van der Waals surface area contributed by atoms with Crippen LogP contribution in [0.1, 0.15) is 19.4 Å². The van der Waals surface area contributed by atoms with E-state index >= 15 is 0 Å². The molecule has 1 rings (SSSR count). The number of hydrogen-bond donors (Lipinski definition) is 3. The topological polar surface area (TPSA) is 77.0 Å². The third kappa shape index (κ3) is 2.68. The van der Waals surface area contributed by atoms with Crippen molar-refractivity contribution in [1.29, 1.82) is 0 Å². The Kier molecular flexibility index (Phi) is 3.85. The second kappa shape index (κ2) is 4.93. The Hall–Kier alpha value is -1.13. The molecule has 0 aliphatic rings. The van der Waals surface area contributed by atoms with Crippen molar-refractivity contribution in [1.82, 2.24) is 10.4 Å². The van der Waals surface area contributed by atoms with Gasteiger partial charge in [0.1, 0.15) is 0 Å². The van der Waals surface area contributed by atoms with Crippen LogP contribution in [0, 0.1) is 5.92 Å². The van der Waals surface area contributed by atoms with Gasteiger partial charge in [-0.1, -0.05) is 13.8 Å². The van der Waals surface area contributed by atoms with Gasteiger partial charge in [-0.2, -0.15) is 0 Å². The largest absolute Gasteiger partial charge is 0.398 e. The number of anilines is 1. The van der Waals surface area contributed by atoms with E-state index in [1.807, 2.05) is 6.07 Å². The maximum atomic E-state index is 5.82. The van der Waals surface area contributed by atoms with Gasteiger partial charge in [-0.15, -0.1) is 0 Å². The van der Waals surface area contributed by atoms with Crippen molar-refractivity contribution >= 4 is 5.69 Å². The van der Waals surface area contributed by atoms with Crippen molar-refractivity contribution in [2.75, 3.05) is 5.73 Å². The summed E-state index contributed by atoms with van der Waals surface area (Å²) in [5.74, 6) is 5.93. The van der Waals surface area contributed by atoms with Crippen LogP contribution in [0.15, 0.2) is 18.5 Å². The van der Waals surface area contributed by atoms with E-state index in [4.69, 9.17) is 11.6 Å². The summed E-state index contributed by atoms with van der Waals surface area (Å²) in [4.78, 5) is 4.04. The van der Waals surface area contributed by atoms with Gasteiger partial charge in [0.05, 0.1) is 0 Å². The average molecular weight is 194 g/mol. The summed E-state index contributed by atoms with van der Waals surface area (Å²) in [6, 6.07) is 2.05. The van der Waals surface area contributed by atoms with Crippen LogP contribution >= 0.6 is 0 Å². The first-order valence-electron chi connectivity index (χ1n) is 4.79. The first-order valence-corrected chi connectivity index (χ1v) is 4.79. The molecule has 0 spiro atoms. The van der Waals surface area contributed by atoms with Crippen LogP contribution in [-0.2, 0) is 6.42 Å². The SMILES string of the molecule is CC(C)C(Cc1cnccc1N)NN. The van der Waals surface area contributed by atoms with Crippen LogP contribution in [0.25, 0.3) is 0 Å². The fourth-order valence-electron chi connectivity index (χ4n) is 1.33. The predicted molar refractivity (Wildman–Crippen MR) is 58.3 cm³/mol. The van der Waals surface area contributed by atoms with Gasteiger partial charge >= 0.3 is 0 Å². The Bertz CT molecular complexity index is 285. The Morgan fingerprint density at radius 1 is 1.50 bits per heavy atom. The Morgan fingerprint density at radius 3 is 2.71 bits per heavy atom. The second-order valence-corrected chi connectivity index (χ2v) is 3.80. The van der Waals surface area contributed by atoms with Crippen LogP contribution in [-0.4, -0.2) is 11.0 Å². The standard InChI is InChI=1S/C10H18N4/c1-7(2)10(14-12)5-8-6-13-4-3-9(8)11/h3-4,6-7,10,14H,5,12H2,1-2H3,(H2,11,13). The first kappa shape index (κ1) is 10.9. The summed E-state index contributed by atoms with van der Waals surface area (Å²) in [7, 11) is 0.